The number of halogens is 1. The van der Waals surface area contributed by atoms with Crippen LogP contribution in [0.25, 0.3) is 0 Å². The zero-order valence-corrected chi connectivity index (χ0v) is 12.8. The van der Waals surface area contributed by atoms with Gasteiger partial charge in [-0.15, -0.1) is 0 Å². The Morgan fingerprint density at radius 2 is 2.35 bits per heavy atom. The van der Waals surface area contributed by atoms with Gasteiger partial charge in [-0.3, -0.25) is 4.99 Å². The van der Waals surface area contributed by atoms with E-state index in [1.165, 1.54) is 11.8 Å². The van der Waals surface area contributed by atoms with Gasteiger partial charge in [-0.2, -0.15) is 0 Å². The lowest BCUT2D eigenvalue weighted by molar-refractivity contribution is 0.118. The molecule has 6 heteroatoms. The minimum atomic E-state index is 0.244. The van der Waals surface area contributed by atoms with Crippen molar-refractivity contribution in [1.29, 1.82) is 0 Å². The Morgan fingerprint density at radius 3 is 3.10 bits per heavy atom. The highest BCUT2D eigenvalue weighted by atomic mass is 35.5. The Kier molecular flexibility index (Phi) is 6.50. The number of hydrogen-bond acceptors (Lipinski definition) is 4. The number of amidine groups is 1. The second-order valence-corrected chi connectivity index (χ2v) is 5.96. The molecule has 2 rings (SSSR count). The summed E-state index contributed by atoms with van der Waals surface area (Å²) in [4.78, 5) is 4.32. The van der Waals surface area contributed by atoms with Crippen LogP contribution in [-0.2, 0) is 4.74 Å². The predicted octanol–water partition coefficient (Wildman–Crippen LogP) is 2.95. The number of benzene rings is 1. The van der Waals surface area contributed by atoms with E-state index in [4.69, 9.17) is 26.8 Å². The minimum absolute atomic E-state index is 0.244. The average molecular weight is 315 g/mol. The molecule has 1 aromatic rings. The van der Waals surface area contributed by atoms with Crippen molar-refractivity contribution < 1.29 is 9.47 Å². The van der Waals surface area contributed by atoms with Gasteiger partial charge in [0.25, 0.3) is 0 Å². The van der Waals surface area contributed by atoms with Gasteiger partial charge < -0.3 is 15.2 Å². The molecule has 0 saturated carbocycles. The number of aliphatic imine (C=N–C) groups is 1. The van der Waals surface area contributed by atoms with Gasteiger partial charge in [0.1, 0.15) is 5.75 Å². The third-order valence-corrected chi connectivity index (χ3v) is 4.01. The smallest absolute Gasteiger partial charge is 0.154 e. The maximum atomic E-state index is 5.99. The van der Waals surface area contributed by atoms with Gasteiger partial charge in [-0.1, -0.05) is 35.5 Å². The van der Waals surface area contributed by atoms with Crippen LogP contribution in [0.15, 0.2) is 29.3 Å². The Bertz CT molecular complexity index is 451. The first kappa shape index (κ1) is 15.5. The Hall–Kier alpha value is -0.910. The molecular weight excluding hydrogens is 296 g/mol. The van der Waals surface area contributed by atoms with Crippen LogP contribution in [0, 0.1) is 0 Å². The fraction of sp³-hybridized carbons (Fsp3) is 0.500. The van der Waals surface area contributed by atoms with Crippen LogP contribution in [0.1, 0.15) is 12.8 Å². The van der Waals surface area contributed by atoms with E-state index in [1.807, 2.05) is 18.2 Å². The zero-order valence-electron chi connectivity index (χ0n) is 11.3. The molecule has 1 aromatic carbocycles. The minimum Gasteiger partial charge on any atom is -0.491 e. The van der Waals surface area contributed by atoms with E-state index >= 15 is 0 Å². The molecule has 0 bridgehead atoms. The lowest BCUT2D eigenvalue weighted by Gasteiger charge is -2.08. The molecule has 4 nitrogen and oxygen atoms in total. The predicted molar refractivity (Wildman–Crippen MR) is 84.9 cm³/mol. The number of para-hydroxylation sites is 1. The summed E-state index contributed by atoms with van der Waals surface area (Å²) in [6.07, 6.45) is 2.45. The number of thioether (sulfide) groups is 1. The number of rotatable bonds is 6. The molecule has 0 aromatic heterocycles. The van der Waals surface area contributed by atoms with Crippen LogP contribution < -0.4 is 10.5 Å². The highest BCUT2D eigenvalue weighted by Gasteiger charge is 2.14. The molecule has 1 atom stereocenters. The third kappa shape index (κ3) is 5.23. The second-order valence-electron chi connectivity index (χ2n) is 4.44. The molecule has 0 aliphatic carbocycles. The number of ether oxygens (including phenoxy) is 2. The average Bonchev–Trinajstić information content (AvgIpc) is 2.96. The van der Waals surface area contributed by atoms with E-state index in [0.717, 1.165) is 25.2 Å². The van der Waals surface area contributed by atoms with Gasteiger partial charge >= 0.3 is 0 Å². The van der Waals surface area contributed by atoms with Gasteiger partial charge in [-0.05, 0) is 25.0 Å². The Balaban J connectivity index is 1.62. The number of nitrogens with two attached hydrogens (primary N) is 1. The second kappa shape index (κ2) is 8.39. The van der Waals surface area contributed by atoms with Crippen LogP contribution in [0.2, 0.25) is 5.02 Å². The number of hydrogen-bond donors (Lipinski definition) is 1. The summed E-state index contributed by atoms with van der Waals surface area (Å²) in [6.45, 7) is 2.05. The topological polar surface area (TPSA) is 56.8 Å². The molecule has 1 heterocycles. The third-order valence-electron chi connectivity index (χ3n) is 2.90. The highest BCUT2D eigenvalue weighted by Crippen LogP contribution is 2.23. The molecule has 0 radical (unpaired) electrons. The number of nitrogens with zero attached hydrogens (tertiary/aromatic N) is 1. The SMILES string of the molecule is NC(=NC[C@H]1CCCO1)SCCOc1ccccc1Cl. The van der Waals surface area contributed by atoms with Gasteiger partial charge in [0, 0.05) is 12.4 Å². The Morgan fingerprint density at radius 1 is 1.50 bits per heavy atom. The van der Waals surface area contributed by atoms with Crippen molar-refractivity contribution in [3.63, 3.8) is 0 Å². The lowest BCUT2D eigenvalue weighted by Crippen LogP contribution is -2.15. The lowest BCUT2D eigenvalue weighted by atomic mass is 10.2. The normalized spacial score (nSPS) is 19.2. The molecule has 1 saturated heterocycles. The van der Waals surface area contributed by atoms with Gasteiger partial charge in [0.05, 0.1) is 24.3 Å². The van der Waals surface area contributed by atoms with Crippen molar-refractivity contribution in [3.05, 3.63) is 29.3 Å². The van der Waals surface area contributed by atoms with E-state index in [2.05, 4.69) is 4.99 Å². The van der Waals surface area contributed by atoms with Crippen molar-refractivity contribution in [2.24, 2.45) is 10.7 Å². The molecular formula is C14H19ClN2O2S. The summed E-state index contributed by atoms with van der Waals surface area (Å²) >= 11 is 7.48. The molecule has 0 spiro atoms. The summed E-state index contributed by atoms with van der Waals surface area (Å²) in [6, 6.07) is 7.43. The monoisotopic (exact) mass is 314 g/mol. The first-order valence-corrected chi connectivity index (χ1v) is 8.03. The van der Waals surface area contributed by atoms with Crippen LogP contribution in [0.3, 0.4) is 0 Å². The van der Waals surface area contributed by atoms with Gasteiger partial charge in [-0.25, -0.2) is 0 Å². The maximum Gasteiger partial charge on any atom is 0.154 e. The summed E-state index contributed by atoms with van der Waals surface area (Å²) in [5.41, 5.74) is 5.84. The van der Waals surface area contributed by atoms with Crippen molar-refractivity contribution in [2.75, 3.05) is 25.5 Å². The summed E-state index contributed by atoms with van der Waals surface area (Å²) in [7, 11) is 0. The van der Waals surface area contributed by atoms with E-state index in [1.54, 1.807) is 6.07 Å². The van der Waals surface area contributed by atoms with Crippen LogP contribution in [0.4, 0.5) is 0 Å². The van der Waals surface area contributed by atoms with E-state index in [0.29, 0.717) is 29.1 Å². The van der Waals surface area contributed by atoms with Crippen molar-refractivity contribution in [3.8, 4) is 5.75 Å². The fourth-order valence-corrected chi connectivity index (χ4v) is 2.62. The first-order chi connectivity index (χ1) is 9.75. The molecule has 20 heavy (non-hydrogen) atoms. The van der Waals surface area contributed by atoms with E-state index in [9.17, 15) is 0 Å². The molecule has 1 aliphatic heterocycles. The largest absolute Gasteiger partial charge is 0.491 e. The van der Waals surface area contributed by atoms with Crippen molar-refractivity contribution in [1.82, 2.24) is 0 Å². The standard InChI is InChI=1S/C14H19ClN2O2S/c15-12-5-1-2-6-13(12)19-8-9-20-14(16)17-10-11-4-3-7-18-11/h1-2,5-6,11H,3-4,7-10H2,(H2,16,17)/t11-/m1/s1. The van der Waals surface area contributed by atoms with Crippen molar-refractivity contribution in [2.45, 2.75) is 18.9 Å². The van der Waals surface area contributed by atoms with Gasteiger partial charge in [0.2, 0.25) is 0 Å². The highest BCUT2D eigenvalue weighted by molar-refractivity contribution is 8.13. The van der Waals surface area contributed by atoms with Crippen LogP contribution >= 0.6 is 23.4 Å². The summed E-state index contributed by atoms with van der Waals surface area (Å²) in [5, 5.41) is 1.21. The van der Waals surface area contributed by atoms with E-state index in [-0.39, 0.29) is 6.10 Å². The Labute approximate surface area is 128 Å². The van der Waals surface area contributed by atoms with Gasteiger partial charge in [0.15, 0.2) is 5.17 Å². The quantitative estimate of drug-likeness (QED) is 0.498. The molecule has 0 unspecified atom stereocenters. The summed E-state index contributed by atoms with van der Waals surface area (Å²) in [5.74, 6) is 1.44. The van der Waals surface area contributed by atoms with Crippen molar-refractivity contribution >= 4 is 28.5 Å². The van der Waals surface area contributed by atoms with E-state index < -0.39 is 0 Å². The molecule has 2 N–H and O–H groups in total. The first-order valence-electron chi connectivity index (χ1n) is 6.67. The van der Waals surface area contributed by atoms with Crippen LogP contribution in [-0.4, -0.2) is 36.8 Å². The molecule has 0 amide bonds. The maximum absolute atomic E-state index is 5.99. The fourth-order valence-electron chi connectivity index (χ4n) is 1.89. The molecule has 110 valence electrons. The molecule has 1 fully saturated rings. The summed E-state index contributed by atoms with van der Waals surface area (Å²) < 4.78 is 11.1. The molecule has 1 aliphatic rings. The zero-order chi connectivity index (χ0) is 14.2. The van der Waals surface area contributed by atoms with Crippen LogP contribution in [0.5, 0.6) is 5.75 Å².